The van der Waals surface area contributed by atoms with Crippen molar-refractivity contribution >= 4 is 0 Å². The molecular formula is C15H21N3O2. The van der Waals surface area contributed by atoms with Gasteiger partial charge in [-0.15, -0.1) is 0 Å². The maximum absolute atomic E-state index is 5.35. The number of nitrogens with one attached hydrogen (secondary N) is 1. The summed E-state index contributed by atoms with van der Waals surface area (Å²) in [5.74, 6) is 1.31. The van der Waals surface area contributed by atoms with E-state index in [1.54, 1.807) is 0 Å². The predicted molar refractivity (Wildman–Crippen MR) is 76.3 cm³/mol. The number of nitrogens with zero attached hydrogens (tertiary/aromatic N) is 2. The normalized spacial score (nSPS) is 14.2. The number of likely N-dealkylation sites (N-methyl/N-ethyl adjacent to an activating group) is 1. The molecule has 0 aliphatic rings. The third-order valence-electron chi connectivity index (χ3n) is 3.28. The van der Waals surface area contributed by atoms with Gasteiger partial charge in [0.1, 0.15) is 6.61 Å². The first kappa shape index (κ1) is 14.7. The molecule has 0 aliphatic carbocycles. The molecule has 0 amide bonds. The van der Waals surface area contributed by atoms with Gasteiger partial charge in [0, 0.05) is 12.6 Å². The molecule has 5 nitrogen and oxygen atoms in total. The van der Waals surface area contributed by atoms with Crippen molar-refractivity contribution in [2.24, 2.45) is 0 Å². The van der Waals surface area contributed by atoms with Crippen LogP contribution in [0.2, 0.25) is 0 Å². The van der Waals surface area contributed by atoms with E-state index < -0.39 is 0 Å². The molecule has 2 atom stereocenters. The molecule has 0 bridgehead atoms. The minimum atomic E-state index is 0.0882. The van der Waals surface area contributed by atoms with Gasteiger partial charge in [0.05, 0.1) is 5.92 Å². The van der Waals surface area contributed by atoms with Crippen LogP contribution in [-0.2, 0) is 11.3 Å². The van der Waals surface area contributed by atoms with Gasteiger partial charge < -0.3 is 14.6 Å². The lowest BCUT2D eigenvalue weighted by molar-refractivity contribution is 0.126. The van der Waals surface area contributed by atoms with E-state index in [4.69, 9.17) is 9.26 Å². The van der Waals surface area contributed by atoms with Crippen molar-refractivity contribution in [3.05, 3.63) is 47.6 Å². The van der Waals surface area contributed by atoms with E-state index in [-0.39, 0.29) is 12.0 Å². The van der Waals surface area contributed by atoms with E-state index in [1.807, 2.05) is 32.2 Å². The summed E-state index contributed by atoms with van der Waals surface area (Å²) in [5, 5.41) is 7.26. The average Bonchev–Trinajstić information content (AvgIpc) is 2.96. The molecule has 1 heterocycles. The number of hydrogen-bond acceptors (Lipinski definition) is 5. The third-order valence-corrected chi connectivity index (χ3v) is 3.28. The Morgan fingerprint density at radius 2 is 2.05 bits per heavy atom. The van der Waals surface area contributed by atoms with Crippen LogP contribution in [0.25, 0.3) is 0 Å². The van der Waals surface area contributed by atoms with Crippen LogP contribution in [0.5, 0.6) is 0 Å². The maximum Gasteiger partial charge on any atom is 0.231 e. The van der Waals surface area contributed by atoms with Crippen LogP contribution in [0.1, 0.15) is 43.1 Å². The molecule has 2 unspecified atom stereocenters. The van der Waals surface area contributed by atoms with Crippen molar-refractivity contribution in [1.82, 2.24) is 15.5 Å². The highest BCUT2D eigenvalue weighted by Crippen LogP contribution is 2.29. The number of benzene rings is 1. The molecule has 1 aromatic carbocycles. The molecule has 2 aromatic rings. The molecule has 1 aromatic heterocycles. The Morgan fingerprint density at radius 3 is 2.70 bits per heavy atom. The van der Waals surface area contributed by atoms with Gasteiger partial charge >= 0.3 is 0 Å². The van der Waals surface area contributed by atoms with E-state index in [1.165, 1.54) is 5.56 Å². The van der Waals surface area contributed by atoms with Crippen molar-refractivity contribution in [3.8, 4) is 0 Å². The highest BCUT2D eigenvalue weighted by Gasteiger charge is 2.24. The molecule has 0 saturated carbocycles. The molecule has 5 heteroatoms. The summed E-state index contributed by atoms with van der Waals surface area (Å²) in [6.07, 6.45) is 0. The zero-order chi connectivity index (χ0) is 14.4. The molecule has 0 aliphatic heterocycles. The van der Waals surface area contributed by atoms with Gasteiger partial charge in [-0.2, -0.15) is 4.98 Å². The van der Waals surface area contributed by atoms with Gasteiger partial charge in [0.15, 0.2) is 5.82 Å². The number of rotatable bonds is 7. The molecule has 1 N–H and O–H groups in total. The monoisotopic (exact) mass is 275 g/mol. The molecular weight excluding hydrogens is 254 g/mol. The van der Waals surface area contributed by atoms with Crippen LogP contribution in [0.15, 0.2) is 34.9 Å². The summed E-state index contributed by atoms with van der Waals surface area (Å²) in [5.41, 5.74) is 1.20. The van der Waals surface area contributed by atoms with Crippen LogP contribution in [0.4, 0.5) is 0 Å². The summed E-state index contributed by atoms with van der Waals surface area (Å²) in [4.78, 5) is 4.40. The predicted octanol–water partition coefficient (Wildman–Crippen LogP) is 2.67. The van der Waals surface area contributed by atoms with Crippen LogP contribution in [0, 0.1) is 0 Å². The van der Waals surface area contributed by atoms with E-state index in [2.05, 4.69) is 34.5 Å². The smallest absolute Gasteiger partial charge is 0.231 e. The van der Waals surface area contributed by atoms with E-state index in [0.29, 0.717) is 24.9 Å². The zero-order valence-electron chi connectivity index (χ0n) is 12.2. The lowest BCUT2D eigenvalue weighted by atomic mass is 9.94. The second-order valence-corrected chi connectivity index (χ2v) is 4.65. The van der Waals surface area contributed by atoms with Gasteiger partial charge in [0.2, 0.25) is 5.89 Å². The van der Waals surface area contributed by atoms with Crippen molar-refractivity contribution in [2.75, 3.05) is 13.7 Å². The molecule has 0 spiro atoms. The SMILES string of the molecule is CCOCc1noc(C(C)C(NC)c2ccccc2)n1. The Balaban J connectivity index is 2.12. The minimum absolute atomic E-state index is 0.0882. The molecule has 0 saturated heterocycles. The third kappa shape index (κ3) is 3.43. The quantitative estimate of drug-likeness (QED) is 0.841. The first-order valence-corrected chi connectivity index (χ1v) is 6.88. The van der Waals surface area contributed by atoms with Gasteiger partial charge in [0.25, 0.3) is 0 Å². The Hall–Kier alpha value is -1.72. The first-order chi connectivity index (χ1) is 9.76. The van der Waals surface area contributed by atoms with E-state index >= 15 is 0 Å². The second kappa shape index (κ2) is 7.17. The lowest BCUT2D eigenvalue weighted by Crippen LogP contribution is -2.22. The molecule has 2 rings (SSSR count). The highest BCUT2D eigenvalue weighted by molar-refractivity contribution is 5.21. The number of hydrogen-bond donors (Lipinski definition) is 1. The summed E-state index contributed by atoms with van der Waals surface area (Å²) in [7, 11) is 1.94. The topological polar surface area (TPSA) is 60.2 Å². The fourth-order valence-corrected chi connectivity index (χ4v) is 2.21. The molecule has 0 radical (unpaired) electrons. The van der Waals surface area contributed by atoms with Crippen LogP contribution in [-0.4, -0.2) is 23.8 Å². The van der Waals surface area contributed by atoms with Gasteiger partial charge in [-0.3, -0.25) is 0 Å². The van der Waals surface area contributed by atoms with Crippen LogP contribution in [0.3, 0.4) is 0 Å². The van der Waals surface area contributed by atoms with Gasteiger partial charge in [-0.25, -0.2) is 0 Å². The summed E-state index contributed by atoms with van der Waals surface area (Å²) < 4.78 is 10.6. The van der Waals surface area contributed by atoms with E-state index in [9.17, 15) is 0 Å². The van der Waals surface area contributed by atoms with Crippen LogP contribution >= 0.6 is 0 Å². The summed E-state index contributed by atoms with van der Waals surface area (Å²) in [6.45, 7) is 5.05. The maximum atomic E-state index is 5.35. The Bertz CT molecular complexity index is 513. The van der Waals surface area contributed by atoms with Crippen molar-refractivity contribution in [2.45, 2.75) is 32.4 Å². The Kier molecular flexibility index (Phi) is 5.26. The zero-order valence-corrected chi connectivity index (χ0v) is 12.2. The lowest BCUT2D eigenvalue weighted by Gasteiger charge is -2.21. The molecule has 108 valence electrons. The van der Waals surface area contributed by atoms with Gasteiger partial charge in [-0.1, -0.05) is 42.4 Å². The standard InChI is InChI=1S/C15H21N3O2/c1-4-19-10-13-17-15(20-18-13)11(2)14(16-3)12-8-6-5-7-9-12/h5-9,11,14,16H,4,10H2,1-3H3. The minimum Gasteiger partial charge on any atom is -0.374 e. The van der Waals surface area contributed by atoms with Crippen LogP contribution < -0.4 is 5.32 Å². The Labute approximate surface area is 119 Å². The van der Waals surface area contributed by atoms with E-state index in [0.717, 1.165) is 0 Å². The van der Waals surface area contributed by atoms with Crippen molar-refractivity contribution in [1.29, 1.82) is 0 Å². The first-order valence-electron chi connectivity index (χ1n) is 6.88. The van der Waals surface area contributed by atoms with Gasteiger partial charge in [-0.05, 0) is 19.5 Å². The average molecular weight is 275 g/mol. The molecule has 0 fully saturated rings. The second-order valence-electron chi connectivity index (χ2n) is 4.65. The fourth-order valence-electron chi connectivity index (χ4n) is 2.21. The number of aromatic nitrogens is 2. The Morgan fingerprint density at radius 1 is 1.30 bits per heavy atom. The summed E-state index contributed by atoms with van der Waals surface area (Å²) >= 11 is 0. The number of ether oxygens (including phenoxy) is 1. The van der Waals surface area contributed by atoms with Crippen molar-refractivity contribution < 1.29 is 9.26 Å². The molecule has 20 heavy (non-hydrogen) atoms. The fraction of sp³-hybridized carbons (Fsp3) is 0.467. The highest BCUT2D eigenvalue weighted by atomic mass is 16.5. The largest absolute Gasteiger partial charge is 0.374 e. The van der Waals surface area contributed by atoms with Crippen molar-refractivity contribution in [3.63, 3.8) is 0 Å². The summed E-state index contributed by atoms with van der Waals surface area (Å²) in [6, 6.07) is 10.4.